The SMILES string of the molecule is C(=C\c1c2ccccc2cc2ccccc12)/c1ccc(/C=C/c2c3ccccc3cc3ccccc23)cc1. The summed E-state index contributed by atoms with van der Waals surface area (Å²) in [6, 6.07) is 47.9. The first kappa shape index (κ1) is 22.3. The van der Waals surface area contributed by atoms with Crippen molar-refractivity contribution in [3.05, 3.63) is 156 Å². The van der Waals surface area contributed by atoms with Gasteiger partial charge in [-0.25, -0.2) is 0 Å². The third kappa shape index (κ3) is 4.07. The van der Waals surface area contributed by atoms with Crippen LogP contribution in [-0.2, 0) is 0 Å². The first-order valence-electron chi connectivity index (χ1n) is 13.1. The monoisotopic (exact) mass is 482 g/mol. The van der Waals surface area contributed by atoms with Crippen molar-refractivity contribution in [1.29, 1.82) is 0 Å². The minimum atomic E-state index is 1.19. The van der Waals surface area contributed by atoms with E-state index in [1.54, 1.807) is 0 Å². The summed E-state index contributed by atoms with van der Waals surface area (Å²) in [6.45, 7) is 0. The fourth-order valence-corrected chi connectivity index (χ4v) is 5.53. The molecular formula is C38H26. The Morgan fingerprint density at radius 3 is 0.895 bits per heavy atom. The highest BCUT2D eigenvalue weighted by atomic mass is 14.1. The molecule has 0 amide bonds. The summed E-state index contributed by atoms with van der Waals surface area (Å²) in [6.07, 6.45) is 8.97. The second kappa shape index (κ2) is 9.50. The van der Waals surface area contributed by atoms with E-state index in [1.807, 2.05) is 0 Å². The van der Waals surface area contributed by atoms with Crippen LogP contribution in [0.3, 0.4) is 0 Å². The van der Waals surface area contributed by atoms with Crippen LogP contribution in [0.4, 0.5) is 0 Å². The Bertz CT molecular complexity index is 1750. The Morgan fingerprint density at radius 2 is 0.579 bits per heavy atom. The molecule has 0 heteroatoms. The van der Waals surface area contributed by atoms with Crippen molar-refractivity contribution in [2.24, 2.45) is 0 Å². The number of hydrogen-bond acceptors (Lipinski definition) is 0. The zero-order chi connectivity index (χ0) is 25.3. The topological polar surface area (TPSA) is 0 Å². The number of fused-ring (bicyclic) bond motifs is 4. The van der Waals surface area contributed by atoms with Gasteiger partial charge in [0, 0.05) is 0 Å². The average Bonchev–Trinajstić information content (AvgIpc) is 2.98. The van der Waals surface area contributed by atoms with Gasteiger partial charge in [0.05, 0.1) is 0 Å². The Balaban J connectivity index is 1.23. The summed E-state index contributed by atoms with van der Waals surface area (Å²) in [5.74, 6) is 0. The molecule has 0 saturated carbocycles. The molecule has 178 valence electrons. The largest absolute Gasteiger partial charge is 0.0616 e. The Hall–Kier alpha value is -4.94. The molecule has 0 bridgehead atoms. The molecule has 0 aliphatic carbocycles. The van der Waals surface area contributed by atoms with E-state index in [-0.39, 0.29) is 0 Å². The van der Waals surface area contributed by atoms with Crippen LogP contribution in [0.2, 0.25) is 0 Å². The van der Waals surface area contributed by atoms with Crippen LogP contribution in [0.5, 0.6) is 0 Å². The highest BCUT2D eigenvalue weighted by Crippen LogP contribution is 2.31. The van der Waals surface area contributed by atoms with Gasteiger partial charge in [-0.1, -0.05) is 146 Å². The van der Waals surface area contributed by atoms with Gasteiger partial charge in [-0.2, -0.15) is 0 Å². The third-order valence-electron chi connectivity index (χ3n) is 7.45. The standard InChI is InChI=1S/C38H26/c1-5-13-33-29(9-1)25-30-10-2-6-14-34(30)37(33)23-21-27-17-19-28(20-18-27)22-24-38-35-15-7-3-11-31(35)26-32-12-4-8-16-36(32)38/h1-26H/b23-21+,24-22+. The molecule has 7 aromatic carbocycles. The molecular weight excluding hydrogens is 456 g/mol. The second-order valence-corrected chi connectivity index (χ2v) is 9.80. The smallest absolute Gasteiger partial charge is 0.00992 e. The molecule has 0 unspecified atom stereocenters. The fourth-order valence-electron chi connectivity index (χ4n) is 5.53. The van der Waals surface area contributed by atoms with Crippen LogP contribution in [0.25, 0.3) is 67.4 Å². The van der Waals surface area contributed by atoms with Crippen molar-refractivity contribution in [3.8, 4) is 0 Å². The van der Waals surface area contributed by atoms with E-state index in [1.165, 1.54) is 65.3 Å². The van der Waals surface area contributed by atoms with Gasteiger partial charge in [-0.05, 0) is 77.5 Å². The molecule has 0 nitrogen and oxygen atoms in total. The van der Waals surface area contributed by atoms with Gasteiger partial charge in [-0.3, -0.25) is 0 Å². The predicted molar refractivity (Wildman–Crippen MR) is 167 cm³/mol. The fraction of sp³-hybridized carbons (Fsp3) is 0. The van der Waals surface area contributed by atoms with E-state index in [0.717, 1.165) is 0 Å². The van der Waals surface area contributed by atoms with Crippen molar-refractivity contribution in [2.45, 2.75) is 0 Å². The van der Waals surface area contributed by atoms with E-state index in [0.29, 0.717) is 0 Å². The molecule has 0 aliphatic heterocycles. The normalized spacial score (nSPS) is 12.0. The lowest BCUT2D eigenvalue weighted by atomic mass is 9.95. The average molecular weight is 483 g/mol. The first-order chi connectivity index (χ1) is 18.8. The molecule has 7 aromatic rings. The minimum absolute atomic E-state index is 1.19. The van der Waals surface area contributed by atoms with Crippen molar-refractivity contribution in [2.75, 3.05) is 0 Å². The van der Waals surface area contributed by atoms with Crippen LogP contribution in [0.1, 0.15) is 22.3 Å². The molecule has 0 N–H and O–H groups in total. The van der Waals surface area contributed by atoms with Crippen LogP contribution in [-0.4, -0.2) is 0 Å². The van der Waals surface area contributed by atoms with Crippen LogP contribution in [0, 0.1) is 0 Å². The van der Waals surface area contributed by atoms with Crippen LogP contribution in [0.15, 0.2) is 133 Å². The molecule has 0 spiro atoms. The molecule has 38 heavy (non-hydrogen) atoms. The minimum Gasteiger partial charge on any atom is -0.0616 e. The Labute approximate surface area is 222 Å². The maximum absolute atomic E-state index is 2.28. The lowest BCUT2D eigenvalue weighted by Gasteiger charge is -2.09. The van der Waals surface area contributed by atoms with E-state index >= 15 is 0 Å². The maximum atomic E-state index is 2.28. The van der Waals surface area contributed by atoms with E-state index in [9.17, 15) is 0 Å². The summed E-state index contributed by atoms with van der Waals surface area (Å²) in [5, 5.41) is 10.2. The summed E-state index contributed by atoms with van der Waals surface area (Å²) in [5.41, 5.74) is 4.92. The molecule has 0 aromatic heterocycles. The van der Waals surface area contributed by atoms with E-state index in [2.05, 4.69) is 158 Å². The molecule has 0 atom stereocenters. The summed E-state index contributed by atoms with van der Waals surface area (Å²) < 4.78 is 0. The van der Waals surface area contributed by atoms with Crippen LogP contribution < -0.4 is 0 Å². The van der Waals surface area contributed by atoms with Gasteiger partial charge in [0.1, 0.15) is 0 Å². The molecule has 0 fully saturated rings. The van der Waals surface area contributed by atoms with Gasteiger partial charge in [-0.15, -0.1) is 0 Å². The van der Waals surface area contributed by atoms with E-state index < -0.39 is 0 Å². The quantitative estimate of drug-likeness (QED) is 0.173. The Kier molecular flexibility index (Phi) is 5.57. The lowest BCUT2D eigenvalue weighted by Crippen LogP contribution is -1.84. The zero-order valence-corrected chi connectivity index (χ0v) is 21.0. The predicted octanol–water partition coefficient (Wildman–Crippen LogP) is 10.6. The van der Waals surface area contributed by atoms with Gasteiger partial charge in [0.25, 0.3) is 0 Å². The highest BCUT2D eigenvalue weighted by Gasteiger charge is 2.06. The van der Waals surface area contributed by atoms with Crippen molar-refractivity contribution >= 4 is 67.4 Å². The van der Waals surface area contributed by atoms with Crippen molar-refractivity contribution < 1.29 is 0 Å². The van der Waals surface area contributed by atoms with Crippen LogP contribution >= 0.6 is 0 Å². The number of benzene rings is 7. The van der Waals surface area contributed by atoms with Gasteiger partial charge >= 0.3 is 0 Å². The summed E-state index contributed by atoms with van der Waals surface area (Å²) in [4.78, 5) is 0. The summed E-state index contributed by atoms with van der Waals surface area (Å²) >= 11 is 0. The number of rotatable bonds is 4. The van der Waals surface area contributed by atoms with Gasteiger partial charge < -0.3 is 0 Å². The molecule has 0 saturated heterocycles. The Morgan fingerprint density at radius 1 is 0.289 bits per heavy atom. The summed E-state index contributed by atoms with van der Waals surface area (Å²) in [7, 11) is 0. The molecule has 0 heterocycles. The lowest BCUT2D eigenvalue weighted by molar-refractivity contribution is 1.63. The molecule has 7 rings (SSSR count). The third-order valence-corrected chi connectivity index (χ3v) is 7.45. The van der Waals surface area contributed by atoms with Gasteiger partial charge in [0.2, 0.25) is 0 Å². The maximum Gasteiger partial charge on any atom is -0.00992 e. The molecule has 0 radical (unpaired) electrons. The van der Waals surface area contributed by atoms with Crippen molar-refractivity contribution in [3.63, 3.8) is 0 Å². The highest BCUT2D eigenvalue weighted by molar-refractivity contribution is 6.09. The van der Waals surface area contributed by atoms with Crippen molar-refractivity contribution in [1.82, 2.24) is 0 Å². The molecule has 0 aliphatic rings. The first-order valence-corrected chi connectivity index (χ1v) is 13.1. The number of hydrogen-bond donors (Lipinski definition) is 0. The van der Waals surface area contributed by atoms with E-state index in [4.69, 9.17) is 0 Å². The zero-order valence-electron chi connectivity index (χ0n) is 21.0. The van der Waals surface area contributed by atoms with Gasteiger partial charge in [0.15, 0.2) is 0 Å². The second-order valence-electron chi connectivity index (χ2n) is 9.80.